The highest BCUT2D eigenvalue weighted by molar-refractivity contribution is 5.79. The van der Waals surface area contributed by atoms with E-state index in [1.165, 1.54) is 44.2 Å². The second kappa shape index (κ2) is 12.3. The molecule has 0 amide bonds. The van der Waals surface area contributed by atoms with Crippen LogP contribution in [0.5, 0.6) is 0 Å². The van der Waals surface area contributed by atoms with Crippen molar-refractivity contribution < 1.29 is 18.4 Å². The molecular weight excluding hydrogens is 407 g/mol. The topological polar surface area (TPSA) is 55.6 Å². The van der Waals surface area contributed by atoms with Crippen molar-refractivity contribution in [3.05, 3.63) is 29.7 Å². The van der Waals surface area contributed by atoms with E-state index >= 15 is 0 Å². The fourth-order valence-electron chi connectivity index (χ4n) is 4.70. The molecule has 178 valence electrons. The molecular formula is C26H39FN2O3. The zero-order valence-electron chi connectivity index (χ0n) is 19.9. The lowest BCUT2D eigenvalue weighted by Crippen LogP contribution is -2.46. The molecule has 3 rings (SSSR count). The van der Waals surface area contributed by atoms with E-state index in [4.69, 9.17) is 9.26 Å². The first-order chi connectivity index (χ1) is 15.5. The summed E-state index contributed by atoms with van der Waals surface area (Å²) >= 11 is 0. The van der Waals surface area contributed by atoms with Crippen LogP contribution in [0.3, 0.4) is 0 Å². The molecule has 0 spiro atoms. The highest BCUT2D eigenvalue weighted by Crippen LogP contribution is 2.34. The Hall–Kier alpha value is -1.95. The van der Waals surface area contributed by atoms with Crippen LogP contribution in [0, 0.1) is 11.7 Å². The summed E-state index contributed by atoms with van der Waals surface area (Å²) in [6.07, 6.45) is 10.5. The molecule has 6 heteroatoms. The van der Waals surface area contributed by atoms with Crippen molar-refractivity contribution in [2.45, 2.75) is 97.1 Å². The van der Waals surface area contributed by atoms with Crippen LogP contribution in [0.1, 0.15) is 96.6 Å². The maximum atomic E-state index is 13.4. The number of benzene rings is 1. The number of carbonyl (C=O) groups is 1. The third kappa shape index (κ3) is 6.77. The Kier molecular flexibility index (Phi) is 9.51. The first-order valence-electron chi connectivity index (χ1n) is 12.5. The van der Waals surface area contributed by atoms with Crippen molar-refractivity contribution in [2.24, 2.45) is 5.92 Å². The smallest absolute Gasteiger partial charge is 0.307 e. The van der Waals surface area contributed by atoms with Crippen molar-refractivity contribution in [1.29, 1.82) is 0 Å². The van der Waals surface area contributed by atoms with E-state index in [1.807, 2.05) is 0 Å². The number of ether oxygens (including phenoxy) is 1. The molecule has 2 aromatic rings. The quantitative estimate of drug-likeness (QED) is 0.265. The average Bonchev–Trinajstić information content (AvgIpc) is 3.20. The normalized spacial score (nSPS) is 16.7. The molecule has 32 heavy (non-hydrogen) atoms. The van der Waals surface area contributed by atoms with Gasteiger partial charge in [-0.3, -0.25) is 9.69 Å². The third-order valence-corrected chi connectivity index (χ3v) is 6.55. The predicted molar refractivity (Wildman–Crippen MR) is 125 cm³/mol. The van der Waals surface area contributed by atoms with Crippen LogP contribution in [0.2, 0.25) is 0 Å². The van der Waals surface area contributed by atoms with Gasteiger partial charge >= 0.3 is 5.97 Å². The third-order valence-electron chi connectivity index (χ3n) is 6.55. The van der Waals surface area contributed by atoms with Crippen LogP contribution >= 0.6 is 0 Å². The number of carbonyl (C=O) groups excluding carboxylic acids is 1. The minimum atomic E-state index is -0.312. The van der Waals surface area contributed by atoms with Crippen molar-refractivity contribution in [1.82, 2.24) is 10.1 Å². The SMILES string of the molecule is CCCCCCCCCC(=O)OC(C(C)C)N1CCC(c2noc3cc(F)ccc23)CC1. The van der Waals surface area contributed by atoms with E-state index in [0.717, 1.165) is 49.9 Å². The van der Waals surface area contributed by atoms with Gasteiger partial charge in [0.15, 0.2) is 11.8 Å². The number of piperidine rings is 1. The summed E-state index contributed by atoms with van der Waals surface area (Å²) in [5.74, 6) is 0.117. The fourth-order valence-corrected chi connectivity index (χ4v) is 4.70. The van der Waals surface area contributed by atoms with Gasteiger partial charge in [-0.05, 0) is 31.4 Å². The summed E-state index contributed by atoms with van der Waals surface area (Å²) in [5.41, 5.74) is 1.42. The van der Waals surface area contributed by atoms with Gasteiger partial charge in [-0.15, -0.1) is 0 Å². The average molecular weight is 447 g/mol. The Bertz CT molecular complexity index is 843. The largest absolute Gasteiger partial charge is 0.446 e. The van der Waals surface area contributed by atoms with Gasteiger partial charge in [0.25, 0.3) is 0 Å². The molecule has 1 fully saturated rings. The van der Waals surface area contributed by atoms with Crippen molar-refractivity contribution >= 4 is 16.9 Å². The second-order valence-corrected chi connectivity index (χ2v) is 9.51. The minimum Gasteiger partial charge on any atom is -0.446 e. The Morgan fingerprint density at radius 1 is 1.16 bits per heavy atom. The monoisotopic (exact) mass is 446 g/mol. The van der Waals surface area contributed by atoms with Crippen LogP contribution in [0.15, 0.2) is 22.7 Å². The second-order valence-electron chi connectivity index (χ2n) is 9.51. The Morgan fingerprint density at radius 2 is 1.84 bits per heavy atom. The van der Waals surface area contributed by atoms with Gasteiger partial charge in [-0.2, -0.15) is 0 Å². The van der Waals surface area contributed by atoms with Crippen LogP contribution in [0.4, 0.5) is 4.39 Å². The fraction of sp³-hybridized carbons (Fsp3) is 0.692. The van der Waals surface area contributed by atoms with Gasteiger partial charge in [-0.1, -0.05) is 64.5 Å². The van der Waals surface area contributed by atoms with Crippen LogP contribution in [0.25, 0.3) is 11.0 Å². The van der Waals surface area contributed by atoms with E-state index in [1.54, 1.807) is 6.07 Å². The van der Waals surface area contributed by atoms with Gasteiger partial charge < -0.3 is 9.26 Å². The number of esters is 1. The van der Waals surface area contributed by atoms with Crippen molar-refractivity contribution in [3.8, 4) is 0 Å². The van der Waals surface area contributed by atoms with Gasteiger partial charge in [0.1, 0.15) is 5.82 Å². The number of aromatic nitrogens is 1. The molecule has 0 N–H and O–H groups in total. The van der Waals surface area contributed by atoms with E-state index in [9.17, 15) is 9.18 Å². The molecule has 1 atom stereocenters. The zero-order chi connectivity index (χ0) is 22.9. The van der Waals surface area contributed by atoms with E-state index < -0.39 is 0 Å². The molecule has 2 heterocycles. The minimum absolute atomic E-state index is 0.0797. The summed E-state index contributed by atoms with van der Waals surface area (Å²) in [7, 11) is 0. The highest BCUT2D eigenvalue weighted by atomic mass is 19.1. The van der Waals surface area contributed by atoms with E-state index in [2.05, 4.69) is 30.8 Å². The summed E-state index contributed by atoms with van der Waals surface area (Å²) in [4.78, 5) is 14.7. The summed E-state index contributed by atoms with van der Waals surface area (Å²) in [6, 6.07) is 4.60. The number of rotatable bonds is 12. The zero-order valence-corrected chi connectivity index (χ0v) is 19.9. The molecule has 0 bridgehead atoms. The first kappa shape index (κ1) is 24.7. The van der Waals surface area contributed by atoms with Crippen LogP contribution in [-0.2, 0) is 9.53 Å². The maximum Gasteiger partial charge on any atom is 0.307 e. The number of hydrogen-bond donors (Lipinski definition) is 0. The number of likely N-dealkylation sites (tertiary alicyclic amines) is 1. The lowest BCUT2D eigenvalue weighted by Gasteiger charge is -2.38. The number of halogens is 1. The van der Waals surface area contributed by atoms with E-state index in [0.29, 0.717) is 12.0 Å². The van der Waals surface area contributed by atoms with Crippen molar-refractivity contribution in [3.63, 3.8) is 0 Å². The van der Waals surface area contributed by atoms with Gasteiger partial charge in [0, 0.05) is 42.8 Å². The molecule has 1 saturated heterocycles. The number of unbranched alkanes of at least 4 members (excludes halogenated alkanes) is 6. The molecule has 0 saturated carbocycles. The van der Waals surface area contributed by atoms with Crippen LogP contribution < -0.4 is 0 Å². The van der Waals surface area contributed by atoms with E-state index in [-0.39, 0.29) is 29.9 Å². The molecule has 0 aliphatic carbocycles. The van der Waals surface area contributed by atoms with Crippen LogP contribution in [-0.4, -0.2) is 35.3 Å². The molecule has 1 aliphatic heterocycles. The molecule has 1 unspecified atom stereocenters. The lowest BCUT2D eigenvalue weighted by molar-refractivity contribution is -0.165. The van der Waals surface area contributed by atoms with Gasteiger partial charge in [0.2, 0.25) is 0 Å². The van der Waals surface area contributed by atoms with Crippen molar-refractivity contribution in [2.75, 3.05) is 13.1 Å². The van der Waals surface area contributed by atoms with Gasteiger partial charge in [0.05, 0.1) is 5.69 Å². The maximum absolute atomic E-state index is 13.4. The standard InChI is InChI=1S/C26H39FN2O3/c1-4-5-6-7-8-9-10-11-24(30)31-26(19(2)3)29-16-14-20(15-17-29)25-22-13-12-21(27)18-23(22)32-28-25/h12-13,18-20,26H,4-11,14-17H2,1-3H3. The molecule has 5 nitrogen and oxygen atoms in total. The summed E-state index contributed by atoms with van der Waals surface area (Å²) in [5, 5.41) is 5.13. The number of nitrogens with zero attached hydrogens (tertiary/aromatic N) is 2. The summed E-state index contributed by atoms with van der Waals surface area (Å²) in [6.45, 7) is 8.12. The lowest BCUT2D eigenvalue weighted by atomic mass is 9.91. The Balaban J connectivity index is 1.46. The molecule has 1 aromatic heterocycles. The molecule has 0 radical (unpaired) electrons. The predicted octanol–water partition coefficient (Wildman–Crippen LogP) is 6.81. The summed E-state index contributed by atoms with van der Waals surface area (Å²) < 4.78 is 24.7. The Labute approximate surface area is 191 Å². The number of hydrogen-bond acceptors (Lipinski definition) is 5. The molecule has 1 aliphatic rings. The first-order valence-corrected chi connectivity index (χ1v) is 12.5. The molecule has 1 aromatic carbocycles. The number of fused-ring (bicyclic) bond motifs is 1. The van der Waals surface area contributed by atoms with Gasteiger partial charge in [-0.25, -0.2) is 4.39 Å². The Morgan fingerprint density at radius 3 is 2.53 bits per heavy atom. The highest BCUT2D eigenvalue weighted by Gasteiger charge is 2.31.